The highest BCUT2D eigenvalue weighted by Crippen LogP contribution is 2.32. The molecule has 2 aromatic rings. The van der Waals surface area contributed by atoms with E-state index in [0.717, 1.165) is 16.2 Å². The summed E-state index contributed by atoms with van der Waals surface area (Å²) in [6, 6.07) is 10.1. The molecule has 3 rings (SSSR count). The normalized spacial score (nSPS) is 17.0. The molecule has 94 valence electrons. The lowest BCUT2D eigenvalue weighted by Crippen LogP contribution is -1.90. The van der Waals surface area contributed by atoms with Crippen LogP contribution < -0.4 is 0 Å². The van der Waals surface area contributed by atoms with Crippen molar-refractivity contribution in [1.29, 1.82) is 0 Å². The van der Waals surface area contributed by atoms with Gasteiger partial charge in [0.15, 0.2) is 0 Å². The summed E-state index contributed by atoms with van der Waals surface area (Å²) in [5.74, 6) is -0.147. The maximum atomic E-state index is 11.9. The average Bonchev–Trinajstić information content (AvgIpc) is 3.02. The first-order valence-electron chi connectivity index (χ1n) is 5.84. The molecule has 1 aliphatic rings. The minimum Gasteiger partial charge on any atom is -0.266 e. The number of aryl methyl sites for hydroxylation is 1. The lowest BCUT2D eigenvalue weighted by Gasteiger charge is -1.99. The van der Waals surface area contributed by atoms with Gasteiger partial charge in [-0.05, 0) is 35.4 Å². The summed E-state index contributed by atoms with van der Waals surface area (Å²) in [4.78, 5) is 16.7. The highest BCUT2D eigenvalue weighted by Gasteiger charge is 2.22. The molecule has 2 heterocycles. The van der Waals surface area contributed by atoms with Gasteiger partial charge >= 0.3 is 0 Å². The summed E-state index contributed by atoms with van der Waals surface area (Å²) >= 11 is 3.06. The minimum absolute atomic E-state index is 0.147. The summed E-state index contributed by atoms with van der Waals surface area (Å²) in [6.07, 6.45) is 1.90. The van der Waals surface area contributed by atoms with Crippen LogP contribution in [-0.4, -0.2) is 11.0 Å². The molecule has 1 aliphatic heterocycles. The van der Waals surface area contributed by atoms with Gasteiger partial charge in [0.05, 0.1) is 4.91 Å². The van der Waals surface area contributed by atoms with Crippen LogP contribution in [0.1, 0.15) is 16.7 Å². The van der Waals surface area contributed by atoms with E-state index in [1.807, 2.05) is 54.1 Å². The number of rotatable bonds is 2. The summed E-state index contributed by atoms with van der Waals surface area (Å²) < 4.78 is 0. The van der Waals surface area contributed by atoms with Gasteiger partial charge in [-0.1, -0.05) is 41.6 Å². The molecule has 0 unspecified atom stereocenters. The van der Waals surface area contributed by atoms with Crippen molar-refractivity contribution >= 4 is 40.1 Å². The van der Waals surface area contributed by atoms with Crippen LogP contribution >= 0.6 is 23.1 Å². The second-order valence-corrected chi connectivity index (χ2v) is 6.07. The molecule has 4 heteroatoms. The van der Waals surface area contributed by atoms with Gasteiger partial charge in [0.1, 0.15) is 5.04 Å². The fourth-order valence-electron chi connectivity index (χ4n) is 1.74. The third-order valence-electron chi connectivity index (χ3n) is 2.76. The van der Waals surface area contributed by atoms with E-state index in [9.17, 15) is 4.79 Å². The van der Waals surface area contributed by atoms with Crippen molar-refractivity contribution in [1.82, 2.24) is 0 Å². The fourth-order valence-corrected chi connectivity index (χ4v) is 3.27. The van der Waals surface area contributed by atoms with Crippen molar-refractivity contribution in [3.05, 3.63) is 62.7 Å². The Labute approximate surface area is 119 Å². The average molecular weight is 285 g/mol. The quantitative estimate of drug-likeness (QED) is 0.777. The maximum absolute atomic E-state index is 11.9. The standard InChI is InChI=1S/C15H11NOS2/c1-10-2-4-12(5-3-10)15-16-14(17)13(19-15)8-11-6-7-18-9-11/h2-9H,1H3/b13-8+. The first kappa shape index (κ1) is 12.4. The number of nitrogens with zero attached hydrogens (tertiary/aromatic N) is 1. The Morgan fingerprint density at radius 1 is 1.16 bits per heavy atom. The second kappa shape index (κ2) is 5.15. The van der Waals surface area contributed by atoms with Crippen molar-refractivity contribution in [3.8, 4) is 0 Å². The maximum Gasteiger partial charge on any atom is 0.284 e. The molecule has 0 atom stereocenters. The zero-order valence-electron chi connectivity index (χ0n) is 10.3. The highest BCUT2D eigenvalue weighted by molar-refractivity contribution is 8.19. The number of carbonyl (C=O) groups excluding carboxylic acids is 1. The molecule has 1 aromatic carbocycles. The second-order valence-electron chi connectivity index (χ2n) is 4.26. The van der Waals surface area contributed by atoms with Crippen molar-refractivity contribution < 1.29 is 4.79 Å². The van der Waals surface area contributed by atoms with Gasteiger partial charge in [0.2, 0.25) is 0 Å². The van der Waals surface area contributed by atoms with Crippen LogP contribution in [0.15, 0.2) is 51.0 Å². The Hall–Kier alpha value is -1.65. The van der Waals surface area contributed by atoms with Crippen molar-refractivity contribution in [3.63, 3.8) is 0 Å². The molecule has 2 nitrogen and oxygen atoms in total. The van der Waals surface area contributed by atoms with Gasteiger partial charge in [-0.3, -0.25) is 4.79 Å². The third-order valence-corrected chi connectivity index (χ3v) is 4.49. The molecule has 19 heavy (non-hydrogen) atoms. The first-order chi connectivity index (χ1) is 9.22. The molecule has 0 bridgehead atoms. The predicted molar refractivity (Wildman–Crippen MR) is 82.6 cm³/mol. The monoisotopic (exact) mass is 285 g/mol. The smallest absolute Gasteiger partial charge is 0.266 e. The van der Waals surface area contributed by atoms with Gasteiger partial charge in [0, 0.05) is 5.56 Å². The van der Waals surface area contributed by atoms with Crippen LogP contribution in [0.2, 0.25) is 0 Å². The molecular weight excluding hydrogens is 274 g/mol. The Morgan fingerprint density at radius 3 is 2.63 bits per heavy atom. The first-order valence-corrected chi connectivity index (χ1v) is 7.60. The largest absolute Gasteiger partial charge is 0.284 e. The molecule has 0 saturated heterocycles. The van der Waals surface area contributed by atoms with Gasteiger partial charge in [-0.2, -0.15) is 11.3 Å². The van der Waals surface area contributed by atoms with Crippen LogP contribution in [-0.2, 0) is 4.79 Å². The summed E-state index contributed by atoms with van der Waals surface area (Å²) in [5, 5.41) is 4.80. The molecule has 1 amide bonds. The number of carbonyl (C=O) groups is 1. The molecule has 1 aromatic heterocycles. The molecule has 0 saturated carbocycles. The van der Waals surface area contributed by atoms with Crippen LogP contribution in [0, 0.1) is 6.92 Å². The Kier molecular flexibility index (Phi) is 3.36. The summed E-state index contributed by atoms with van der Waals surface area (Å²) in [5.41, 5.74) is 3.26. The minimum atomic E-state index is -0.147. The van der Waals surface area contributed by atoms with E-state index in [1.165, 1.54) is 17.3 Å². The number of hydrogen-bond acceptors (Lipinski definition) is 3. The van der Waals surface area contributed by atoms with E-state index in [2.05, 4.69) is 4.99 Å². The molecule has 0 aliphatic carbocycles. The van der Waals surface area contributed by atoms with Gasteiger partial charge < -0.3 is 0 Å². The molecule has 0 radical (unpaired) electrons. The number of benzene rings is 1. The zero-order chi connectivity index (χ0) is 13.2. The fraction of sp³-hybridized carbons (Fsp3) is 0.0667. The molecule has 0 fully saturated rings. The predicted octanol–water partition coefficient (Wildman–Crippen LogP) is 4.12. The molecular formula is C15H11NOS2. The van der Waals surface area contributed by atoms with E-state index < -0.39 is 0 Å². The number of thiophene rings is 1. The molecule has 0 N–H and O–H groups in total. The van der Waals surface area contributed by atoms with Crippen LogP contribution in [0.3, 0.4) is 0 Å². The SMILES string of the molecule is Cc1ccc(C2=NC(=O)/C(=C\c3ccsc3)S2)cc1. The van der Waals surface area contributed by atoms with E-state index in [4.69, 9.17) is 0 Å². The number of aliphatic imine (C=N–C) groups is 1. The van der Waals surface area contributed by atoms with E-state index in [0.29, 0.717) is 4.91 Å². The van der Waals surface area contributed by atoms with E-state index in [-0.39, 0.29) is 5.91 Å². The Morgan fingerprint density at radius 2 is 1.95 bits per heavy atom. The van der Waals surface area contributed by atoms with Gasteiger partial charge in [-0.15, -0.1) is 0 Å². The van der Waals surface area contributed by atoms with E-state index >= 15 is 0 Å². The topological polar surface area (TPSA) is 29.4 Å². The van der Waals surface area contributed by atoms with Gasteiger partial charge in [-0.25, -0.2) is 4.99 Å². The lowest BCUT2D eigenvalue weighted by atomic mass is 10.2. The highest BCUT2D eigenvalue weighted by atomic mass is 32.2. The number of thioether (sulfide) groups is 1. The number of hydrogen-bond donors (Lipinski definition) is 0. The van der Waals surface area contributed by atoms with Crippen molar-refractivity contribution in [2.75, 3.05) is 0 Å². The third kappa shape index (κ3) is 2.69. The van der Waals surface area contributed by atoms with Gasteiger partial charge in [0.25, 0.3) is 5.91 Å². The molecule has 0 spiro atoms. The number of amides is 1. The van der Waals surface area contributed by atoms with E-state index in [1.54, 1.807) is 11.3 Å². The van der Waals surface area contributed by atoms with Crippen molar-refractivity contribution in [2.24, 2.45) is 4.99 Å². The van der Waals surface area contributed by atoms with Crippen molar-refractivity contribution in [2.45, 2.75) is 6.92 Å². The Balaban J connectivity index is 1.86. The summed E-state index contributed by atoms with van der Waals surface area (Å²) in [6.45, 7) is 2.04. The lowest BCUT2D eigenvalue weighted by molar-refractivity contribution is -0.113. The zero-order valence-corrected chi connectivity index (χ0v) is 11.9. The van der Waals surface area contributed by atoms with Crippen LogP contribution in [0.25, 0.3) is 6.08 Å². The summed E-state index contributed by atoms with van der Waals surface area (Å²) in [7, 11) is 0. The van der Waals surface area contributed by atoms with Crippen LogP contribution in [0.4, 0.5) is 0 Å². The van der Waals surface area contributed by atoms with Crippen LogP contribution in [0.5, 0.6) is 0 Å². The Bertz CT molecular complexity index is 667.